The Morgan fingerprint density at radius 3 is 2.85 bits per heavy atom. The van der Waals surface area contributed by atoms with Crippen molar-refractivity contribution in [1.29, 1.82) is 0 Å². The van der Waals surface area contributed by atoms with E-state index in [1.165, 1.54) is 10.8 Å². The van der Waals surface area contributed by atoms with Gasteiger partial charge in [-0.25, -0.2) is 4.79 Å². The Balaban J connectivity index is 3.24. The fraction of sp³-hybridized carbons (Fsp3) is 0.250. The van der Waals surface area contributed by atoms with Crippen molar-refractivity contribution in [1.82, 2.24) is 9.55 Å². The second kappa shape index (κ2) is 3.30. The summed E-state index contributed by atoms with van der Waals surface area (Å²) in [5.41, 5.74) is -0.545. The van der Waals surface area contributed by atoms with Crippen LogP contribution in [0.15, 0.2) is 28.1 Å². The van der Waals surface area contributed by atoms with Crippen LogP contribution in [-0.4, -0.2) is 14.7 Å². The number of aryl methyl sites for hydroxylation is 1. The summed E-state index contributed by atoms with van der Waals surface area (Å²) >= 11 is 0. The van der Waals surface area contributed by atoms with Gasteiger partial charge < -0.3 is 5.11 Å². The Hall–Kier alpha value is -1.78. The molecule has 1 aromatic heterocycles. The van der Waals surface area contributed by atoms with Crippen molar-refractivity contribution < 1.29 is 5.11 Å². The molecule has 0 unspecified atom stereocenters. The summed E-state index contributed by atoms with van der Waals surface area (Å²) in [4.78, 5) is 24.1. The highest BCUT2D eigenvalue weighted by atomic mass is 16.3. The molecule has 0 aliphatic heterocycles. The first kappa shape index (κ1) is 9.31. The predicted molar refractivity (Wildman–Crippen MR) is 47.8 cm³/mol. The fourth-order valence-electron chi connectivity index (χ4n) is 0.933. The molecule has 2 N–H and O–H groups in total. The van der Waals surface area contributed by atoms with E-state index in [9.17, 15) is 9.59 Å². The molecule has 1 heterocycles. The van der Waals surface area contributed by atoms with Gasteiger partial charge in [0.1, 0.15) is 5.76 Å². The molecule has 0 fully saturated rings. The van der Waals surface area contributed by atoms with E-state index in [0.29, 0.717) is 5.56 Å². The number of H-pyrrole nitrogens is 1. The summed E-state index contributed by atoms with van der Waals surface area (Å²) in [5, 5.41) is 8.84. The van der Waals surface area contributed by atoms with Crippen molar-refractivity contribution in [2.24, 2.45) is 0 Å². The second-order valence-electron chi connectivity index (χ2n) is 2.77. The summed E-state index contributed by atoms with van der Waals surface area (Å²) in [7, 11) is 0. The maximum Gasteiger partial charge on any atom is 0.328 e. The molecule has 0 aliphatic rings. The molecule has 5 nitrogen and oxygen atoms in total. The van der Waals surface area contributed by atoms with Crippen LogP contribution < -0.4 is 11.2 Å². The lowest BCUT2D eigenvalue weighted by molar-refractivity contribution is 0.374. The van der Waals surface area contributed by atoms with E-state index < -0.39 is 11.2 Å². The van der Waals surface area contributed by atoms with Crippen LogP contribution in [0.2, 0.25) is 0 Å². The quantitative estimate of drug-likeness (QED) is 0.628. The lowest BCUT2D eigenvalue weighted by atomic mass is 10.4. The van der Waals surface area contributed by atoms with Gasteiger partial charge in [0, 0.05) is 11.8 Å². The molecule has 0 saturated heterocycles. The number of nitrogens with zero attached hydrogens (tertiary/aromatic N) is 1. The summed E-state index contributed by atoms with van der Waals surface area (Å²) in [5.74, 6) is -0.131. The van der Waals surface area contributed by atoms with Gasteiger partial charge in [0.2, 0.25) is 0 Å². The van der Waals surface area contributed by atoms with Gasteiger partial charge in [-0.2, -0.15) is 0 Å². The Labute approximate surface area is 74.0 Å². The van der Waals surface area contributed by atoms with E-state index in [1.807, 2.05) is 0 Å². The lowest BCUT2D eigenvalue weighted by Crippen LogP contribution is -2.31. The number of aromatic nitrogens is 2. The Morgan fingerprint density at radius 1 is 1.69 bits per heavy atom. The normalized spacial score (nSPS) is 9.92. The zero-order chi connectivity index (χ0) is 10.0. The van der Waals surface area contributed by atoms with Gasteiger partial charge in [-0.05, 0) is 6.92 Å². The number of aromatic amines is 1. The van der Waals surface area contributed by atoms with Gasteiger partial charge in [-0.15, -0.1) is 0 Å². The number of hydrogen-bond acceptors (Lipinski definition) is 3. The molecule has 0 radical (unpaired) electrons. The predicted octanol–water partition coefficient (Wildman–Crippen LogP) is -0.0833. The van der Waals surface area contributed by atoms with Crippen LogP contribution in [0.5, 0.6) is 0 Å². The molecule has 1 aromatic rings. The van der Waals surface area contributed by atoms with Gasteiger partial charge >= 0.3 is 5.69 Å². The monoisotopic (exact) mass is 182 g/mol. The van der Waals surface area contributed by atoms with Gasteiger partial charge in [0.25, 0.3) is 5.56 Å². The van der Waals surface area contributed by atoms with Crippen LogP contribution in [-0.2, 0) is 6.54 Å². The molecule has 0 atom stereocenters. The standard InChI is InChI=1S/C8H10N2O3/c1-5-3-10(4-6(2)11)8(13)9-7(5)12/h3,11H,2,4H2,1H3,(H,9,12,13). The first-order valence-electron chi connectivity index (χ1n) is 3.68. The van der Waals surface area contributed by atoms with E-state index >= 15 is 0 Å². The summed E-state index contributed by atoms with van der Waals surface area (Å²) in [6.45, 7) is 4.82. The minimum Gasteiger partial charge on any atom is -0.511 e. The molecule has 5 heteroatoms. The van der Waals surface area contributed by atoms with Crippen LogP contribution in [0.3, 0.4) is 0 Å². The third-order valence-corrected chi connectivity index (χ3v) is 1.54. The van der Waals surface area contributed by atoms with E-state index in [0.717, 1.165) is 0 Å². The third-order valence-electron chi connectivity index (χ3n) is 1.54. The van der Waals surface area contributed by atoms with E-state index in [-0.39, 0.29) is 12.3 Å². The summed E-state index contributed by atoms with van der Waals surface area (Å²) in [6.07, 6.45) is 1.38. The van der Waals surface area contributed by atoms with Crippen LogP contribution in [0.25, 0.3) is 0 Å². The Kier molecular flexibility index (Phi) is 2.36. The van der Waals surface area contributed by atoms with E-state index in [4.69, 9.17) is 5.11 Å². The molecule has 0 saturated carbocycles. The average Bonchev–Trinajstić information content (AvgIpc) is 1.99. The maximum absolute atomic E-state index is 11.1. The summed E-state index contributed by atoms with van der Waals surface area (Å²) < 4.78 is 1.18. The first-order valence-corrected chi connectivity index (χ1v) is 3.68. The minimum absolute atomic E-state index is 0.00352. The zero-order valence-corrected chi connectivity index (χ0v) is 7.20. The summed E-state index contributed by atoms with van der Waals surface area (Å²) in [6, 6.07) is 0. The van der Waals surface area contributed by atoms with Crippen LogP contribution in [0.1, 0.15) is 5.56 Å². The largest absolute Gasteiger partial charge is 0.511 e. The van der Waals surface area contributed by atoms with E-state index in [2.05, 4.69) is 11.6 Å². The number of nitrogens with one attached hydrogen (secondary N) is 1. The smallest absolute Gasteiger partial charge is 0.328 e. The highest BCUT2D eigenvalue weighted by Crippen LogP contribution is 1.89. The van der Waals surface area contributed by atoms with Gasteiger partial charge in [-0.1, -0.05) is 6.58 Å². The topological polar surface area (TPSA) is 75.1 Å². The SMILES string of the molecule is C=C(O)Cn1cc(C)c(=O)[nH]c1=O. The van der Waals surface area contributed by atoms with Crippen LogP contribution in [0.4, 0.5) is 0 Å². The third kappa shape index (κ3) is 2.08. The van der Waals surface area contributed by atoms with Gasteiger partial charge in [0.05, 0.1) is 6.54 Å². The van der Waals surface area contributed by atoms with Crippen molar-refractivity contribution in [3.63, 3.8) is 0 Å². The average molecular weight is 182 g/mol. The number of aliphatic hydroxyl groups excluding tert-OH is 1. The number of hydrogen-bond donors (Lipinski definition) is 2. The molecule has 0 bridgehead atoms. The van der Waals surface area contributed by atoms with Crippen LogP contribution in [0, 0.1) is 6.92 Å². The second-order valence-corrected chi connectivity index (χ2v) is 2.77. The molecular formula is C8H10N2O3. The van der Waals surface area contributed by atoms with Gasteiger partial charge in [0.15, 0.2) is 0 Å². The molecule has 0 aliphatic carbocycles. The number of rotatable bonds is 2. The number of aliphatic hydroxyl groups is 1. The molecule has 0 amide bonds. The van der Waals surface area contributed by atoms with Crippen molar-refractivity contribution in [3.05, 3.63) is 44.9 Å². The van der Waals surface area contributed by atoms with Gasteiger partial charge in [-0.3, -0.25) is 14.3 Å². The van der Waals surface area contributed by atoms with Crippen LogP contribution >= 0.6 is 0 Å². The Morgan fingerprint density at radius 2 is 2.31 bits per heavy atom. The Bertz CT molecular complexity index is 441. The van der Waals surface area contributed by atoms with Crippen molar-refractivity contribution >= 4 is 0 Å². The molecule has 0 spiro atoms. The molecular weight excluding hydrogens is 172 g/mol. The van der Waals surface area contributed by atoms with Crippen molar-refractivity contribution in [2.75, 3.05) is 0 Å². The first-order chi connectivity index (χ1) is 6.00. The van der Waals surface area contributed by atoms with Crippen molar-refractivity contribution in [3.8, 4) is 0 Å². The molecule has 13 heavy (non-hydrogen) atoms. The molecule has 0 aromatic carbocycles. The molecule has 1 rings (SSSR count). The van der Waals surface area contributed by atoms with E-state index in [1.54, 1.807) is 6.92 Å². The number of allylic oxidation sites excluding steroid dienone is 1. The fourth-order valence-corrected chi connectivity index (χ4v) is 0.933. The highest BCUT2D eigenvalue weighted by Gasteiger charge is 2.00. The molecule has 70 valence electrons. The maximum atomic E-state index is 11.1. The minimum atomic E-state index is -0.550. The highest BCUT2D eigenvalue weighted by molar-refractivity contribution is 5.01. The zero-order valence-electron chi connectivity index (χ0n) is 7.20. The van der Waals surface area contributed by atoms with Crippen molar-refractivity contribution in [2.45, 2.75) is 13.5 Å². The lowest BCUT2D eigenvalue weighted by Gasteiger charge is -2.03.